The van der Waals surface area contributed by atoms with Gasteiger partial charge in [-0.3, -0.25) is 0 Å². The van der Waals surface area contributed by atoms with E-state index in [-0.39, 0.29) is 0 Å². The van der Waals surface area contributed by atoms with Gasteiger partial charge in [-0.2, -0.15) is 5.10 Å². The average molecular weight is 397 g/mol. The molecule has 1 aliphatic heterocycles. The molecular formula is C19H24N8S. The molecule has 1 saturated carbocycles. The maximum Gasteiger partial charge on any atom is 0.208 e. The number of hydrogen-bond acceptors (Lipinski definition) is 8. The largest absolute Gasteiger partial charge is 0.353 e. The highest BCUT2D eigenvalue weighted by Gasteiger charge is 2.29. The lowest BCUT2D eigenvalue weighted by molar-refractivity contribution is 0.640. The second kappa shape index (κ2) is 6.80. The molecular weight excluding hydrogens is 372 g/mol. The fourth-order valence-electron chi connectivity index (χ4n) is 3.64. The molecule has 0 aromatic carbocycles. The van der Waals surface area contributed by atoms with E-state index < -0.39 is 0 Å². The van der Waals surface area contributed by atoms with Gasteiger partial charge in [-0.05, 0) is 39.7 Å². The molecule has 0 atom stereocenters. The van der Waals surface area contributed by atoms with Crippen molar-refractivity contribution in [3.05, 3.63) is 34.4 Å². The molecule has 2 aliphatic rings. The van der Waals surface area contributed by atoms with E-state index in [0.29, 0.717) is 5.92 Å². The van der Waals surface area contributed by atoms with Crippen LogP contribution in [0.2, 0.25) is 0 Å². The Morgan fingerprint density at radius 2 is 1.61 bits per heavy atom. The topological polar surface area (TPSA) is 75.9 Å². The standard InChI is InChI=1S/C19H24N8S/c1-12-10-13(2)27(24-12)17-11-16(20-14(3)21-17)25-6-8-26(9-7-25)19-23-22-18(28-19)15-4-5-15/h10-11,15H,4-9H2,1-3H3. The van der Waals surface area contributed by atoms with Gasteiger partial charge < -0.3 is 9.80 Å². The van der Waals surface area contributed by atoms with Gasteiger partial charge in [-0.15, -0.1) is 10.2 Å². The van der Waals surface area contributed by atoms with E-state index in [0.717, 1.165) is 60.2 Å². The third-order valence-electron chi connectivity index (χ3n) is 5.27. The lowest BCUT2D eigenvalue weighted by atomic mass is 10.3. The maximum absolute atomic E-state index is 4.68. The van der Waals surface area contributed by atoms with Gasteiger partial charge in [0.1, 0.15) is 16.6 Å². The van der Waals surface area contributed by atoms with Crippen LogP contribution < -0.4 is 9.80 Å². The third-order valence-corrected chi connectivity index (χ3v) is 6.41. The van der Waals surface area contributed by atoms with Gasteiger partial charge in [0.2, 0.25) is 5.13 Å². The Morgan fingerprint density at radius 1 is 0.893 bits per heavy atom. The number of anilines is 2. The van der Waals surface area contributed by atoms with Gasteiger partial charge in [-0.25, -0.2) is 14.6 Å². The highest BCUT2D eigenvalue weighted by molar-refractivity contribution is 7.15. The first-order chi connectivity index (χ1) is 13.6. The molecule has 3 aromatic rings. The Morgan fingerprint density at radius 3 is 2.29 bits per heavy atom. The van der Waals surface area contributed by atoms with Crippen LogP contribution in [0.1, 0.15) is 41.0 Å². The fourth-order valence-corrected chi connectivity index (χ4v) is 4.71. The molecule has 0 spiro atoms. The molecule has 0 bridgehead atoms. The zero-order valence-electron chi connectivity index (χ0n) is 16.5. The van der Waals surface area contributed by atoms with E-state index >= 15 is 0 Å². The quantitative estimate of drug-likeness (QED) is 0.671. The number of rotatable bonds is 4. The van der Waals surface area contributed by atoms with Gasteiger partial charge in [0.15, 0.2) is 5.82 Å². The van der Waals surface area contributed by atoms with Gasteiger partial charge in [0.05, 0.1) is 5.69 Å². The first kappa shape index (κ1) is 17.5. The summed E-state index contributed by atoms with van der Waals surface area (Å²) in [5.74, 6) is 3.23. The Labute approximate surface area is 168 Å². The zero-order valence-corrected chi connectivity index (χ0v) is 17.3. The lowest BCUT2D eigenvalue weighted by Crippen LogP contribution is -2.47. The Bertz CT molecular complexity index is 997. The van der Waals surface area contributed by atoms with Crippen LogP contribution in [0.5, 0.6) is 0 Å². The predicted octanol–water partition coefficient (Wildman–Crippen LogP) is 2.64. The monoisotopic (exact) mass is 396 g/mol. The summed E-state index contributed by atoms with van der Waals surface area (Å²) in [6.07, 6.45) is 2.54. The first-order valence-corrected chi connectivity index (χ1v) is 10.6. The van der Waals surface area contributed by atoms with Crippen molar-refractivity contribution in [2.75, 3.05) is 36.0 Å². The summed E-state index contributed by atoms with van der Waals surface area (Å²) in [6.45, 7) is 9.66. The van der Waals surface area contributed by atoms with Crippen molar-refractivity contribution in [3.63, 3.8) is 0 Å². The molecule has 3 aromatic heterocycles. The summed E-state index contributed by atoms with van der Waals surface area (Å²) in [5, 5.41) is 15.6. The van der Waals surface area contributed by atoms with Crippen LogP contribution in [-0.4, -0.2) is 56.1 Å². The van der Waals surface area contributed by atoms with Gasteiger partial charge in [-0.1, -0.05) is 11.3 Å². The van der Waals surface area contributed by atoms with Crippen molar-refractivity contribution in [3.8, 4) is 5.82 Å². The van der Waals surface area contributed by atoms with E-state index in [1.807, 2.05) is 31.5 Å². The van der Waals surface area contributed by atoms with Crippen LogP contribution in [0.3, 0.4) is 0 Å². The predicted molar refractivity (Wildman–Crippen MR) is 110 cm³/mol. The minimum atomic E-state index is 0.671. The van der Waals surface area contributed by atoms with E-state index in [9.17, 15) is 0 Å². The number of nitrogens with zero attached hydrogens (tertiary/aromatic N) is 8. The molecule has 146 valence electrons. The average Bonchev–Trinajstić information content (AvgIpc) is 3.31. The molecule has 0 N–H and O–H groups in total. The third kappa shape index (κ3) is 3.34. The fraction of sp³-hybridized carbons (Fsp3) is 0.526. The van der Waals surface area contributed by atoms with Crippen molar-refractivity contribution < 1.29 is 0 Å². The molecule has 28 heavy (non-hydrogen) atoms. The van der Waals surface area contributed by atoms with Gasteiger partial charge in [0, 0.05) is 43.9 Å². The van der Waals surface area contributed by atoms with Crippen molar-refractivity contribution in [1.29, 1.82) is 0 Å². The van der Waals surface area contributed by atoms with Gasteiger partial charge in [0.25, 0.3) is 0 Å². The zero-order chi connectivity index (χ0) is 19.3. The molecule has 4 heterocycles. The summed E-state index contributed by atoms with van der Waals surface area (Å²) < 4.78 is 1.89. The number of hydrogen-bond donors (Lipinski definition) is 0. The highest BCUT2D eigenvalue weighted by Crippen LogP contribution is 2.42. The Kier molecular flexibility index (Phi) is 4.26. The maximum atomic E-state index is 4.68. The molecule has 1 saturated heterocycles. The molecule has 0 unspecified atom stereocenters. The molecule has 0 radical (unpaired) electrons. The second-order valence-corrected chi connectivity index (χ2v) is 8.63. The smallest absolute Gasteiger partial charge is 0.208 e. The summed E-state index contributed by atoms with van der Waals surface area (Å²) in [7, 11) is 0. The molecule has 2 fully saturated rings. The van der Waals surface area contributed by atoms with E-state index in [1.54, 1.807) is 11.3 Å². The minimum Gasteiger partial charge on any atom is -0.353 e. The lowest BCUT2D eigenvalue weighted by Gasteiger charge is -2.35. The molecule has 8 nitrogen and oxygen atoms in total. The van der Waals surface area contributed by atoms with Crippen LogP contribution >= 0.6 is 11.3 Å². The summed E-state index contributed by atoms with van der Waals surface area (Å²) in [6, 6.07) is 4.10. The van der Waals surface area contributed by atoms with Crippen molar-refractivity contribution in [1.82, 2.24) is 29.9 Å². The molecule has 0 amide bonds. The Hall–Kier alpha value is -2.55. The first-order valence-electron chi connectivity index (χ1n) is 9.79. The molecule has 9 heteroatoms. The minimum absolute atomic E-state index is 0.671. The van der Waals surface area contributed by atoms with Crippen LogP contribution in [0, 0.1) is 20.8 Å². The van der Waals surface area contributed by atoms with E-state index in [1.165, 1.54) is 17.8 Å². The second-order valence-electron chi connectivity index (χ2n) is 7.64. The van der Waals surface area contributed by atoms with Crippen molar-refractivity contribution >= 4 is 22.3 Å². The van der Waals surface area contributed by atoms with Gasteiger partial charge >= 0.3 is 0 Å². The van der Waals surface area contributed by atoms with Crippen molar-refractivity contribution in [2.24, 2.45) is 0 Å². The SMILES string of the molecule is Cc1cc(C)n(-c2cc(N3CCN(c4nnc(C5CC5)s4)CC3)nc(C)n2)n1. The van der Waals surface area contributed by atoms with E-state index in [2.05, 4.69) is 41.1 Å². The van der Waals surface area contributed by atoms with Crippen molar-refractivity contribution in [2.45, 2.75) is 39.5 Å². The number of piperazine rings is 1. The normalized spacial score (nSPS) is 17.4. The number of aromatic nitrogens is 6. The summed E-state index contributed by atoms with van der Waals surface area (Å²) >= 11 is 1.76. The molecule has 1 aliphatic carbocycles. The van der Waals surface area contributed by atoms with Crippen LogP contribution in [0.15, 0.2) is 12.1 Å². The summed E-state index contributed by atoms with van der Waals surface area (Å²) in [5.41, 5.74) is 2.07. The number of aryl methyl sites for hydroxylation is 3. The Balaban J connectivity index is 1.32. The van der Waals surface area contributed by atoms with Crippen LogP contribution in [0.4, 0.5) is 10.9 Å². The van der Waals surface area contributed by atoms with Crippen LogP contribution in [0.25, 0.3) is 5.82 Å². The molecule has 5 rings (SSSR count). The van der Waals surface area contributed by atoms with Crippen LogP contribution in [-0.2, 0) is 0 Å². The highest BCUT2D eigenvalue weighted by atomic mass is 32.1. The summed E-state index contributed by atoms with van der Waals surface area (Å²) in [4.78, 5) is 13.9. The van der Waals surface area contributed by atoms with E-state index in [4.69, 9.17) is 0 Å².